The Hall–Kier alpha value is -0.680. The summed E-state index contributed by atoms with van der Waals surface area (Å²) in [6.45, 7) is 4.44. The first kappa shape index (κ1) is 12.4. The monoisotopic (exact) mass is 245 g/mol. The molecule has 0 aliphatic carbocycles. The fourth-order valence-corrected chi connectivity index (χ4v) is 2.33. The van der Waals surface area contributed by atoms with Crippen molar-refractivity contribution >= 4 is 34.8 Å². The molecule has 1 heterocycles. The second kappa shape index (κ2) is 6.02. The quantitative estimate of drug-likeness (QED) is 0.640. The van der Waals surface area contributed by atoms with Crippen molar-refractivity contribution in [2.75, 3.05) is 23.8 Å². The molecule has 0 radical (unpaired) electrons. The summed E-state index contributed by atoms with van der Waals surface area (Å²) < 4.78 is 5.09. The van der Waals surface area contributed by atoms with Gasteiger partial charge in [0.05, 0.1) is 0 Å². The van der Waals surface area contributed by atoms with Gasteiger partial charge in [-0.2, -0.15) is 11.8 Å². The second-order valence-corrected chi connectivity index (χ2v) is 5.61. The first-order valence-electron chi connectivity index (χ1n) is 4.76. The van der Waals surface area contributed by atoms with Crippen LogP contribution in [0.15, 0.2) is 6.07 Å². The predicted octanol–water partition coefficient (Wildman–Crippen LogP) is 2.55. The fraction of sp³-hybridized carbons (Fsp3) is 0.500. The molecule has 0 bridgehead atoms. The Bertz CT molecular complexity index is 317. The summed E-state index contributed by atoms with van der Waals surface area (Å²) in [6.07, 6.45) is 0. The number of hydrogen-bond donors (Lipinski definition) is 1. The Kier molecular flexibility index (Phi) is 4.98. The van der Waals surface area contributed by atoms with Gasteiger partial charge in [-0.25, -0.2) is 4.79 Å². The van der Waals surface area contributed by atoms with Crippen molar-refractivity contribution in [2.24, 2.45) is 0 Å². The van der Waals surface area contributed by atoms with E-state index in [0.29, 0.717) is 17.2 Å². The summed E-state index contributed by atoms with van der Waals surface area (Å²) in [5.74, 6) is 1.63. The van der Waals surface area contributed by atoms with E-state index >= 15 is 0 Å². The van der Waals surface area contributed by atoms with Crippen LogP contribution in [0.3, 0.4) is 0 Å². The minimum Gasteiger partial charge on any atom is -0.461 e. The van der Waals surface area contributed by atoms with Crippen molar-refractivity contribution in [3.8, 4) is 0 Å². The molecule has 0 saturated heterocycles. The van der Waals surface area contributed by atoms with E-state index in [2.05, 4.69) is 6.92 Å². The lowest BCUT2D eigenvalue weighted by atomic mass is 10.4. The topological polar surface area (TPSA) is 52.3 Å². The maximum absolute atomic E-state index is 11.5. The molecule has 1 rings (SSSR count). The van der Waals surface area contributed by atoms with E-state index < -0.39 is 0 Å². The molecule has 0 amide bonds. The average Bonchev–Trinajstić information content (AvgIpc) is 2.54. The number of rotatable bonds is 5. The molecule has 3 nitrogen and oxygen atoms in total. The second-order valence-electron chi connectivity index (χ2n) is 2.96. The SMILES string of the molecule is CCSCCOC(=O)c1cc(N)c(C)s1. The van der Waals surface area contributed by atoms with E-state index in [1.807, 2.05) is 6.92 Å². The van der Waals surface area contributed by atoms with Gasteiger partial charge in [0.1, 0.15) is 11.5 Å². The van der Waals surface area contributed by atoms with Gasteiger partial charge in [-0.3, -0.25) is 0 Å². The van der Waals surface area contributed by atoms with Gasteiger partial charge in [-0.05, 0) is 18.7 Å². The zero-order valence-electron chi connectivity index (χ0n) is 8.91. The molecular weight excluding hydrogens is 230 g/mol. The van der Waals surface area contributed by atoms with E-state index in [9.17, 15) is 4.79 Å². The third-order valence-corrected chi connectivity index (χ3v) is 3.73. The Morgan fingerprint density at radius 1 is 1.67 bits per heavy atom. The number of hydrogen-bond acceptors (Lipinski definition) is 5. The number of nitrogen functional groups attached to an aromatic ring is 1. The van der Waals surface area contributed by atoms with Crippen LogP contribution >= 0.6 is 23.1 Å². The Labute approximate surface area is 98.0 Å². The summed E-state index contributed by atoms with van der Waals surface area (Å²) in [7, 11) is 0. The maximum Gasteiger partial charge on any atom is 0.348 e. The number of aryl methyl sites for hydroxylation is 1. The van der Waals surface area contributed by atoms with E-state index in [4.69, 9.17) is 10.5 Å². The highest BCUT2D eigenvalue weighted by Crippen LogP contribution is 2.23. The number of thioether (sulfide) groups is 1. The van der Waals surface area contributed by atoms with Crippen molar-refractivity contribution in [1.82, 2.24) is 0 Å². The number of carbonyl (C=O) groups is 1. The number of anilines is 1. The van der Waals surface area contributed by atoms with Gasteiger partial charge in [-0.1, -0.05) is 6.92 Å². The first-order chi connectivity index (χ1) is 7.15. The highest BCUT2D eigenvalue weighted by Gasteiger charge is 2.11. The van der Waals surface area contributed by atoms with Crippen LogP contribution in [0.5, 0.6) is 0 Å². The fourth-order valence-electron chi connectivity index (χ4n) is 1.01. The molecule has 0 atom stereocenters. The van der Waals surface area contributed by atoms with Gasteiger partial charge >= 0.3 is 5.97 Å². The number of ether oxygens (including phenoxy) is 1. The molecule has 0 fully saturated rings. The molecule has 2 N–H and O–H groups in total. The summed E-state index contributed by atoms with van der Waals surface area (Å²) in [5, 5.41) is 0. The first-order valence-corrected chi connectivity index (χ1v) is 6.73. The number of nitrogens with two attached hydrogens (primary N) is 1. The van der Waals surface area contributed by atoms with Crippen LogP contribution < -0.4 is 5.73 Å². The summed E-state index contributed by atoms with van der Waals surface area (Å²) in [4.78, 5) is 13.0. The molecule has 0 aliphatic heterocycles. The van der Waals surface area contributed by atoms with Crippen molar-refractivity contribution in [3.05, 3.63) is 15.8 Å². The van der Waals surface area contributed by atoms with Gasteiger partial charge < -0.3 is 10.5 Å². The van der Waals surface area contributed by atoms with Crippen LogP contribution in [0.25, 0.3) is 0 Å². The van der Waals surface area contributed by atoms with Crippen molar-refractivity contribution in [3.63, 3.8) is 0 Å². The highest BCUT2D eigenvalue weighted by molar-refractivity contribution is 7.99. The van der Waals surface area contributed by atoms with Crippen molar-refractivity contribution < 1.29 is 9.53 Å². The lowest BCUT2D eigenvalue weighted by Gasteiger charge is -2.01. The van der Waals surface area contributed by atoms with Crippen LogP contribution in [-0.4, -0.2) is 24.1 Å². The Balaban J connectivity index is 2.40. The molecule has 5 heteroatoms. The van der Waals surface area contributed by atoms with Crippen LogP contribution in [0.4, 0.5) is 5.69 Å². The number of thiophene rings is 1. The lowest BCUT2D eigenvalue weighted by Crippen LogP contribution is -2.06. The molecule has 84 valence electrons. The summed E-state index contributed by atoms with van der Waals surface area (Å²) in [5.41, 5.74) is 6.32. The molecule has 0 aromatic carbocycles. The standard InChI is InChI=1S/C10H15NO2S2/c1-3-14-5-4-13-10(12)9-6-8(11)7(2)15-9/h6H,3-5,11H2,1-2H3. The van der Waals surface area contributed by atoms with E-state index in [-0.39, 0.29) is 5.97 Å². The lowest BCUT2D eigenvalue weighted by molar-refractivity contribution is 0.0536. The maximum atomic E-state index is 11.5. The molecule has 1 aromatic heterocycles. The van der Waals surface area contributed by atoms with E-state index in [1.54, 1.807) is 17.8 Å². The average molecular weight is 245 g/mol. The molecule has 15 heavy (non-hydrogen) atoms. The molecular formula is C10H15NO2S2. The zero-order valence-corrected chi connectivity index (χ0v) is 10.5. The smallest absolute Gasteiger partial charge is 0.348 e. The minimum atomic E-state index is -0.267. The predicted molar refractivity (Wildman–Crippen MR) is 66.7 cm³/mol. The zero-order chi connectivity index (χ0) is 11.3. The van der Waals surface area contributed by atoms with Crippen LogP contribution in [0.1, 0.15) is 21.5 Å². The molecule has 0 spiro atoms. The van der Waals surface area contributed by atoms with Crippen molar-refractivity contribution in [1.29, 1.82) is 0 Å². The van der Waals surface area contributed by atoms with E-state index in [0.717, 1.165) is 16.4 Å². The van der Waals surface area contributed by atoms with Crippen LogP contribution in [0, 0.1) is 6.92 Å². The normalized spacial score (nSPS) is 10.3. The minimum absolute atomic E-state index is 0.267. The molecule has 0 saturated carbocycles. The van der Waals surface area contributed by atoms with E-state index in [1.165, 1.54) is 11.3 Å². The third-order valence-electron chi connectivity index (χ3n) is 1.82. The van der Waals surface area contributed by atoms with Crippen molar-refractivity contribution in [2.45, 2.75) is 13.8 Å². The number of carbonyl (C=O) groups excluding carboxylic acids is 1. The molecule has 0 unspecified atom stereocenters. The summed E-state index contributed by atoms with van der Waals surface area (Å²) >= 11 is 3.14. The number of esters is 1. The molecule has 1 aromatic rings. The summed E-state index contributed by atoms with van der Waals surface area (Å²) in [6, 6.07) is 1.68. The Morgan fingerprint density at radius 2 is 2.40 bits per heavy atom. The van der Waals surface area contributed by atoms with Crippen LogP contribution in [0.2, 0.25) is 0 Å². The van der Waals surface area contributed by atoms with Gasteiger partial charge in [0.15, 0.2) is 0 Å². The molecule has 0 aliphatic rings. The van der Waals surface area contributed by atoms with Gasteiger partial charge in [0.2, 0.25) is 0 Å². The Morgan fingerprint density at radius 3 is 2.93 bits per heavy atom. The van der Waals surface area contributed by atoms with Gasteiger partial charge in [0.25, 0.3) is 0 Å². The van der Waals surface area contributed by atoms with Crippen LogP contribution in [-0.2, 0) is 4.74 Å². The highest BCUT2D eigenvalue weighted by atomic mass is 32.2. The third kappa shape index (κ3) is 3.76. The van der Waals surface area contributed by atoms with Gasteiger partial charge in [-0.15, -0.1) is 11.3 Å². The largest absolute Gasteiger partial charge is 0.461 e. The van der Waals surface area contributed by atoms with Gasteiger partial charge in [0, 0.05) is 16.3 Å².